The normalized spacial score (nSPS) is 25.6. The van der Waals surface area contributed by atoms with Gasteiger partial charge in [0.25, 0.3) is 0 Å². The maximum Gasteiger partial charge on any atom is 0.206 e. The molecule has 0 aliphatic carbocycles. The zero-order chi connectivity index (χ0) is 25.7. The van der Waals surface area contributed by atoms with Crippen molar-refractivity contribution in [1.29, 1.82) is 0 Å². The van der Waals surface area contributed by atoms with Gasteiger partial charge in [-0.3, -0.25) is 0 Å². The van der Waals surface area contributed by atoms with Gasteiger partial charge in [0.2, 0.25) is 49.9 Å². The lowest BCUT2D eigenvalue weighted by Crippen LogP contribution is -2.64. The van der Waals surface area contributed by atoms with Crippen molar-refractivity contribution < 1.29 is 12.3 Å². The van der Waals surface area contributed by atoms with Crippen molar-refractivity contribution in [2.75, 3.05) is 0 Å². The number of benzene rings is 3. The fourth-order valence-corrected chi connectivity index (χ4v) is 41.8. The molecular weight excluding hydrogens is 529 g/mol. The van der Waals surface area contributed by atoms with E-state index >= 15 is 0 Å². The van der Waals surface area contributed by atoms with Gasteiger partial charge in [0.15, 0.2) is 0 Å². The van der Waals surface area contributed by atoms with Crippen LogP contribution in [0.3, 0.4) is 0 Å². The van der Waals surface area contributed by atoms with Crippen molar-refractivity contribution in [3.8, 4) is 0 Å². The van der Waals surface area contributed by atoms with E-state index < -0.39 is 49.9 Å². The first-order valence-corrected chi connectivity index (χ1v) is 30.5. The lowest BCUT2D eigenvalue weighted by atomic mass is 10.0. The Bertz CT molecular complexity index is 1380. The predicted molar refractivity (Wildman–Crippen MR) is 167 cm³/mol. The average Bonchev–Trinajstić information content (AvgIpc) is 3.06. The molecule has 0 amide bonds. The molecule has 3 aliphatic heterocycles. The first-order chi connectivity index (χ1) is 15.8. The Morgan fingerprint density at radius 1 is 0.371 bits per heavy atom. The fourth-order valence-electron chi connectivity index (χ4n) is 7.96. The van der Waals surface area contributed by atoms with Gasteiger partial charge in [0.05, 0.1) is 0 Å². The summed E-state index contributed by atoms with van der Waals surface area (Å²) in [4.78, 5) is 0. The highest BCUT2D eigenvalue weighted by molar-refractivity contribution is 7.15. The van der Waals surface area contributed by atoms with Crippen LogP contribution in [0.15, 0.2) is 24.3 Å². The summed E-state index contributed by atoms with van der Waals surface area (Å²) in [5, 5.41) is 15.1. The molecule has 3 aromatic carbocycles. The summed E-state index contributed by atoms with van der Waals surface area (Å²) in [5.74, 6) is 0. The van der Waals surface area contributed by atoms with E-state index in [1.807, 2.05) is 0 Å². The molecule has 35 heavy (non-hydrogen) atoms. The minimum absolute atomic E-state index is 1.38. The Morgan fingerprint density at radius 2 is 0.657 bits per heavy atom. The van der Waals surface area contributed by atoms with E-state index in [9.17, 15) is 0 Å². The van der Waals surface area contributed by atoms with E-state index in [2.05, 4.69) is 103 Å². The zero-order valence-corrected chi connectivity index (χ0v) is 29.5. The molecule has 186 valence electrons. The van der Waals surface area contributed by atoms with Crippen molar-refractivity contribution in [1.82, 2.24) is 0 Å². The van der Waals surface area contributed by atoms with Crippen LogP contribution in [0.5, 0.6) is 0 Å². The average molecular weight is 569 g/mol. The second kappa shape index (κ2) is 6.67. The molecule has 0 saturated carbocycles. The number of rotatable bonds is 0. The quantitative estimate of drug-likeness (QED) is 0.307. The van der Waals surface area contributed by atoms with Crippen molar-refractivity contribution in [3.05, 3.63) is 24.3 Å². The molecule has 3 heterocycles. The van der Waals surface area contributed by atoms with Crippen molar-refractivity contribution >= 4 is 103 Å². The summed E-state index contributed by atoms with van der Waals surface area (Å²) < 4.78 is 21.0. The summed E-state index contributed by atoms with van der Waals surface area (Å²) in [6.07, 6.45) is 0. The maximum absolute atomic E-state index is 7.10. The number of hydrogen-bond donors (Lipinski definition) is 0. The lowest BCUT2D eigenvalue weighted by molar-refractivity contribution is 0.580. The fraction of sp³-hybridized carbons (Fsp3) is 0.462. The molecule has 0 radical (unpaired) electrons. The highest BCUT2D eigenvalue weighted by Crippen LogP contribution is 2.34. The van der Waals surface area contributed by atoms with Crippen molar-refractivity contribution in [2.24, 2.45) is 0 Å². The maximum atomic E-state index is 7.10. The van der Waals surface area contributed by atoms with Gasteiger partial charge in [-0.05, 0) is 143 Å². The van der Waals surface area contributed by atoms with Gasteiger partial charge < -0.3 is 12.3 Å². The van der Waals surface area contributed by atoms with E-state index in [0.717, 1.165) is 0 Å². The highest BCUT2D eigenvalue weighted by Gasteiger charge is 2.57. The van der Waals surface area contributed by atoms with Crippen LogP contribution in [0.2, 0.25) is 78.6 Å². The molecule has 0 spiro atoms. The molecule has 0 atom stereocenters. The molecule has 3 aliphatic rings. The highest BCUT2D eigenvalue weighted by atomic mass is 28.4. The topological polar surface area (TPSA) is 27.7 Å². The van der Waals surface area contributed by atoms with Crippen LogP contribution >= 0.6 is 0 Å². The minimum Gasteiger partial charge on any atom is -0.449 e. The van der Waals surface area contributed by atoms with Gasteiger partial charge in [-0.25, -0.2) is 0 Å². The van der Waals surface area contributed by atoms with Crippen LogP contribution < -0.4 is 31.1 Å². The summed E-state index contributed by atoms with van der Waals surface area (Å²) in [5.41, 5.74) is 0. The van der Waals surface area contributed by atoms with E-state index in [-0.39, 0.29) is 0 Å². The Morgan fingerprint density at radius 3 is 1.00 bits per heavy atom. The second-order valence-electron chi connectivity index (χ2n) is 14.0. The van der Waals surface area contributed by atoms with Gasteiger partial charge in [-0.15, -0.1) is 0 Å². The van der Waals surface area contributed by atoms with E-state index in [4.69, 9.17) is 12.3 Å². The first-order valence-electron chi connectivity index (χ1n) is 13.0. The summed E-state index contributed by atoms with van der Waals surface area (Å²) in [6, 6.07) is 10.1. The predicted octanol–water partition coefficient (Wildman–Crippen LogP) is 3.56. The first kappa shape index (κ1) is 24.7. The Kier molecular flexibility index (Phi) is 4.71. The SMILES string of the molecule is C[Si]1(C)O[Si](C)(C)c2cc3cc4c5c(c6c(c4cc3cc21)[Si](C)(C)O[Si]6(C)C)[Si](C)(C)O[Si]5(C)C. The third kappa shape index (κ3) is 3.19. The van der Waals surface area contributed by atoms with Crippen LogP contribution in [0.1, 0.15) is 0 Å². The van der Waals surface area contributed by atoms with Crippen LogP contribution in [0, 0.1) is 0 Å². The number of fused-ring (bicyclic) bond motifs is 8. The standard InChI is InChI=1S/C26H40O3Si6/c1-30(2)21-15-17-13-19-20(14-18(17)16-22(21)31(3,4)27-30)24-26(35(11,12)29-33(24,7)8)25-23(19)32(5,6)28-34(25,9)10/h13-16H,1-12H3. The summed E-state index contributed by atoms with van der Waals surface area (Å²) >= 11 is 0. The van der Waals surface area contributed by atoms with Gasteiger partial charge in [-0.1, -0.05) is 12.1 Å². The van der Waals surface area contributed by atoms with Gasteiger partial charge >= 0.3 is 0 Å². The van der Waals surface area contributed by atoms with E-state index in [1.54, 1.807) is 20.7 Å². The summed E-state index contributed by atoms with van der Waals surface area (Å²) in [6.45, 7) is 29.0. The monoisotopic (exact) mass is 568 g/mol. The van der Waals surface area contributed by atoms with Gasteiger partial charge in [0.1, 0.15) is 0 Å². The van der Waals surface area contributed by atoms with Crippen LogP contribution in [-0.2, 0) is 12.3 Å². The molecular formula is C26H40O3Si6. The largest absolute Gasteiger partial charge is 0.449 e. The van der Waals surface area contributed by atoms with Crippen LogP contribution in [-0.4, -0.2) is 49.9 Å². The third-order valence-electron chi connectivity index (χ3n) is 8.64. The van der Waals surface area contributed by atoms with Crippen molar-refractivity contribution in [3.63, 3.8) is 0 Å². The van der Waals surface area contributed by atoms with Crippen LogP contribution in [0.25, 0.3) is 21.5 Å². The molecule has 0 bridgehead atoms. The molecule has 6 rings (SSSR count). The lowest BCUT2D eigenvalue weighted by Gasteiger charge is -2.26. The molecule has 0 fully saturated rings. The van der Waals surface area contributed by atoms with Gasteiger partial charge in [-0.2, -0.15) is 0 Å². The molecule has 9 heteroatoms. The molecule has 3 nitrogen and oxygen atoms in total. The minimum atomic E-state index is -2.04. The Balaban J connectivity index is 1.83. The molecule has 3 aromatic rings. The second-order valence-corrected chi connectivity index (χ2v) is 37.7. The van der Waals surface area contributed by atoms with Gasteiger partial charge in [0, 0.05) is 0 Å². The summed E-state index contributed by atoms with van der Waals surface area (Å²) in [7, 11) is -11.8. The smallest absolute Gasteiger partial charge is 0.206 e. The molecule has 0 N–H and O–H groups in total. The Hall–Kier alpha value is -0.639. The molecule has 0 unspecified atom stereocenters. The van der Waals surface area contributed by atoms with E-state index in [0.29, 0.717) is 0 Å². The zero-order valence-electron chi connectivity index (χ0n) is 23.5. The number of hydrogen-bond acceptors (Lipinski definition) is 3. The third-order valence-corrected chi connectivity index (χ3v) is 32.2. The molecule has 0 aromatic heterocycles. The van der Waals surface area contributed by atoms with E-state index in [1.165, 1.54) is 31.9 Å². The Labute approximate surface area is 217 Å². The van der Waals surface area contributed by atoms with Crippen molar-refractivity contribution in [2.45, 2.75) is 78.6 Å². The molecule has 0 saturated heterocycles. The van der Waals surface area contributed by atoms with Crippen LogP contribution in [0.4, 0.5) is 0 Å².